The molecule has 0 aliphatic heterocycles. The molecule has 0 heterocycles. The van der Waals surface area contributed by atoms with E-state index in [0.717, 1.165) is 18.2 Å². The second-order valence-electron chi connectivity index (χ2n) is 4.09. The lowest BCUT2D eigenvalue weighted by Crippen LogP contribution is -2.23. The van der Waals surface area contributed by atoms with E-state index in [1.54, 1.807) is 13.8 Å². The number of hydrogen-bond donors (Lipinski definition) is 2. The zero-order valence-corrected chi connectivity index (χ0v) is 11.3. The summed E-state index contributed by atoms with van der Waals surface area (Å²) in [5.74, 6) is -1.28. The molecule has 0 unspecified atom stereocenters. The van der Waals surface area contributed by atoms with Gasteiger partial charge in [-0.2, -0.15) is 0 Å². The second kappa shape index (κ2) is 6.09. The van der Waals surface area contributed by atoms with Crippen molar-refractivity contribution in [1.82, 2.24) is 0 Å². The Morgan fingerprint density at radius 3 is 2.63 bits per heavy atom. The van der Waals surface area contributed by atoms with Crippen molar-refractivity contribution < 1.29 is 22.3 Å². The van der Waals surface area contributed by atoms with E-state index in [2.05, 4.69) is 5.32 Å². The number of halogens is 1. The van der Waals surface area contributed by atoms with Gasteiger partial charge in [-0.05, 0) is 32.0 Å². The Morgan fingerprint density at radius 1 is 1.47 bits per heavy atom. The van der Waals surface area contributed by atoms with E-state index in [9.17, 15) is 17.6 Å². The molecule has 0 saturated carbocycles. The van der Waals surface area contributed by atoms with Gasteiger partial charge in [-0.25, -0.2) is 17.9 Å². The highest BCUT2D eigenvalue weighted by molar-refractivity contribution is 7.89. The molecule has 3 N–H and O–H groups in total. The number of anilines is 1. The maximum Gasteiger partial charge on any atom is 0.250 e. The van der Waals surface area contributed by atoms with Crippen LogP contribution in [0.5, 0.6) is 0 Å². The van der Waals surface area contributed by atoms with Gasteiger partial charge >= 0.3 is 0 Å². The summed E-state index contributed by atoms with van der Waals surface area (Å²) < 4.78 is 40.7. The molecule has 8 heteroatoms. The van der Waals surface area contributed by atoms with Crippen LogP contribution in [-0.4, -0.2) is 27.0 Å². The van der Waals surface area contributed by atoms with Gasteiger partial charge in [0.05, 0.1) is 11.8 Å². The third-order valence-corrected chi connectivity index (χ3v) is 3.04. The second-order valence-corrected chi connectivity index (χ2v) is 5.62. The Bertz CT molecular complexity index is 572. The van der Waals surface area contributed by atoms with Crippen molar-refractivity contribution in [3.63, 3.8) is 0 Å². The molecule has 6 nitrogen and oxygen atoms in total. The molecule has 0 aliphatic rings. The van der Waals surface area contributed by atoms with Crippen LogP contribution in [-0.2, 0) is 19.6 Å². The number of primary sulfonamides is 1. The van der Waals surface area contributed by atoms with E-state index in [-0.39, 0.29) is 23.3 Å². The first-order valence-electron chi connectivity index (χ1n) is 5.44. The van der Waals surface area contributed by atoms with E-state index in [0.29, 0.717) is 0 Å². The van der Waals surface area contributed by atoms with E-state index >= 15 is 0 Å². The van der Waals surface area contributed by atoms with Gasteiger partial charge in [0.25, 0.3) is 0 Å². The van der Waals surface area contributed by atoms with Gasteiger partial charge in [-0.15, -0.1) is 0 Å². The first kappa shape index (κ1) is 15.5. The van der Waals surface area contributed by atoms with E-state index < -0.39 is 21.7 Å². The zero-order chi connectivity index (χ0) is 14.6. The first-order chi connectivity index (χ1) is 8.70. The number of carbonyl (C=O) groups is 1. The Balaban J connectivity index is 2.94. The Kier molecular flexibility index (Phi) is 4.98. The average molecular weight is 290 g/mol. The quantitative estimate of drug-likeness (QED) is 0.839. The summed E-state index contributed by atoms with van der Waals surface area (Å²) >= 11 is 0. The minimum Gasteiger partial charge on any atom is -0.369 e. The third-order valence-electron chi connectivity index (χ3n) is 2.07. The fourth-order valence-electron chi connectivity index (χ4n) is 1.28. The van der Waals surface area contributed by atoms with Crippen molar-refractivity contribution in [3.8, 4) is 0 Å². The maximum atomic E-state index is 13.1. The van der Waals surface area contributed by atoms with Gasteiger partial charge in [-0.1, -0.05) is 0 Å². The summed E-state index contributed by atoms with van der Waals surface area (Å²) in [5, 5.41) is 7.22. The topological polar surface area (TPSA) is 98.5 Å². The number of nitrogens with one attached hydrogen (secondary N) is 1. The average Bonchev–Trinajstić information content (AvgIpc) is 2.24. The van der Waals surface area contributed by atoms with Gasteiger partial charge in [0, 0.05) is 0 Å². The van der Waals surface area contributed by atoms with Crippen LogP contribution in [0.2, 0.25) is 0 Å². The Morgan fingerprint density at radius 2 is 2.11 bits per heavy atom. The van der Waals surface area contributed by atoms with Crippen molar-refractivity contribution in [2.75, 3.05) is 11.9 Å². The smallest absolute Gasteiger partial charge is 0.250 e. The molecule has 1 rings (SSSR count). The van der Waals surface area contributed by atoms with Gasteiger partial charge in [-0.3, -0.25) is 4.79 Å². The van der Waals surface area contributed by atoms with Gasteiger partial charge < -0.3 is 10.1 Å². The van der Waals surface area contributed by atoms with E-state index in [4.69, 9.17) is 9.88 Å². The fraction of sp³-hybridized carbons (Fsp3) is 0.364. The predicted molar refractivity (Wildman–Crippen MR) is 67.5 cm³/mol. The lowest BCUT2D eigenvalue weighted by Gasteiger charge is -2.11. The zero-order valence-electron chi connectivity index (χ0n) is 10.5. The number of benzene rings is 1. The van der Waals surface area contributed by atoms with Crippen molar-refractivity contribution in [2.45, 2.75) is 24.8 Å². The molecule has 1 aromatic carbocycles. The minimum absolute atomic E-state index is 0.157. The van der Waals surface area contributed by atoms with E-state index in [1.807, 2.05) is 0 Å². The monoisotopic (exact) mass is 290 g/mol. The van der Waals surface area contributed by atoms with Gasteiger partial charge in [0.15, 0.2) is 0 Å². The fourth-order valence-corrected chi connectivity index (χ4v) is 1.95. The number of amides is 1. The lowest BCUT2D eigenvalue weighted by molar-refractivity contribution is -0.121. The molecule has 0 radical (unpaired) electrons. The molecule has 0 fully saturated rings. The Labute approximate surface area is 110 Å². The van der Waals surface area contributed by atoms with Gasteiger partial charge in [0.1, 0.15) is 17.3 Å². The molecule has 106 valence electrons. The standard InChI is InChI=1S/C11H15FN2O4S/c1-7(2)18-6-11(15)14-9-5-8(12)3-4-10(9)19(13,16)17/h3-5,7H,6H2,1-2H3,(H,14,15)(H2,13,16,17). The number of hydrogen-bond acceptors (Lipinski definition) is 4. The third kappa shape index (κ3) is 4.93. The lowest BCUT2D eigenvalue weighted by atomic mass is 10.3. The summed E-state index contributed by atoms with van der Waals surface area (Å²) in [4.78, 5) is 11.2. The molecule has 0 aromatic heterocycles. The number of rotatable bonds is 5. The molecule has 1 aromatic rings. The van der Waals surface area contributed by atoms with Crippen LogP contribution in [0, 0.1) is 5.82 Å². The minimum atomic E-state index is -4.05. The molecule has 19 heavy (non-hydrogen) atoms. The van der Waals surface area contributed by atoms with Crippen LogP contribution in [0.1, 0.15) is 13.8 Å². The molecule has 1 amide bonds. The van der Waals surface area contributed by atoms with E-state index in [1.165, 1.54) is 0 Å². The summed E-state index contributed by atoms with van der Waals surface area (Å²) in [6.07, 6.45) is -0.157. The van der Waals surface area contributed by atoms with Crippen molar-refractivity contribution in [3.05, 3.63) is 24.0 Å². The van der Waals surface area contributed by atoms with Crippen LogP contribution in [0.15, 0.2) is 23.1 Å². The summed E-state index contributed by atoms with van der Waals surface area (Å²) in [5.41, 5.74) is -0.208. The van der Waals surface area contributed by atoms with Crippen molar-refractivity contribution in [2.24, 2.45) is 5.14 Å². The van der Waals surface area contributed by atoms with Crippen LogP contribution >= 0.6 is 0 Å². The van der Waals surface area contributed by atoms with Gasteiger partial charge in [0.2, 0.25) is 15.9 Å². The van der Waals surface area contributed by atoms with Crippen LogP contribution in [0.25, 0.3) is 0 Å². The number of ether oxygens (including phenoxy) is 1. The predicted octanol–water partition coefficient (Wildman–Crippen LogP) is 0.837. The Hall–Kier alpha value is -1.51. The van der Waals surface area contributed by atoms with Crippen LogP contribution in [0.3, 0.4) is 0 Å². The maximum absolute atomic E-state index is 13.1. The number of nitrogens with two attached hydrogens (primary N) is 1. The van der Waals surface area contributed by atoms with Crippen molar-refractivity contribution in [1.29, 1.82) is 0 Å². The SMILES string of the molecule is CC(C)OCC(=O)Nc1cc(F)ccc1S(N)(=O)=O. The summed E-state index contributed by atoms with van der Waals surface area (Å²) in [6.45, 7) is 3.22. The molecular formula is C11H15FN2O4S. The molecule has 0 saturated heterocycles. The summed E-state index contributed by atoms with van der Waals surface area (Å²) in [7, 11) is -4.05. The molecule has 0 spiro atoms. The van der Waals surface area contributed by atoms with Crippen molar-refractivity contribution >= 4 is 21.6 Å². The highest BCUT2D eigenvalue weighted by Gasteiger charge is 2.16. The molecular weight excluding hydrogens is 275 g/mol. The molecule has 0 aliphatic carbocycles. The number of carbonyl (C=O) groups excluding carboxylic acids is 1. The normalized spacial score (nSPS) is 11.6. The summed E-state index contributed by atoms with van der Waals surface area (Å²) in [6, 6.07) is 2.82. The highest BCUT2D eigenvalue weighted by atomic mass is 32.2. The highest BCUT2D eigenvalue weighted by Crippen LogP contribution is 2.21. The molecule has 0 bridgehead atoms. The van der Waals surface area contributed by atoms with Crippen LogP contribution < -0.4 is 10.5 Å². The first-order valence-corrected chi connectivity index (χ1v) is 6.98. The largest absolute Gasteiger partial charge is 0.369 e. The molecule has 0 atom stereocenters. The number of sulfonamides is 1. The van der Waals surface area contributed by atoms with Crippen LogP contribution in [0.4, 0.5) is 10.1 Å².